The van der Waals surface area contributed by atoms with E-state index in [9.17, 15) is 10.1 Å². The molecule has 1 aromatic carbocycles. The van der Waals surface area contributed by atoms with Gasteiger partial charge in [-0.1, -0.05) is 23.9 Å². The standard InChI is InChI=1S/C14H17N5O3S/c1-10-11(4-2-6-13(10)19(20)21)9-23-14-15-16-17-18(14)8-12-5-3-7-22-12/h2,4,6,12H,3,5,7-9H2,1H3. The lowest BCUT2D eigenvalue weighted by atomic mass is 10.1. The van der Waals surface area contributed by atoms with Crippen LogP contribution in [0.15, 0.2) is 23.4 Å². The Balaban J connectivity index is 1.68. The van der Waals surface area contributed by atoms with Gasteiger partial charge in [-0.25, -0.2) is 4.68 Å². The van der Waals surface area contributed by atoms with Crippen molar-refractivity contribution in [3.05, 3.63) is 39.4 Å². The molecule has 1 aliphatic rings. The van der Waals surface area contributed by atoms with Gasteiger partial charge >= 0.3 is 0 Å². The molecule has 0 radical (unpaired) electrons. The van der Waals surface area contributed by atoms with Gasteiger partial charge in [-0.05, 0) is 35.8 Å². The van der Waals surface area contributed by atoms with Crippen LogP contribution >= 0.6 is 11.8 Å². The van der Waals surface area contributed by atoms with Crippen LogP contribution < -0.4 is 0 Å². The highest BCUT2D eigenvalue weighted by Gasteiger charge is 2.19. The normalized spacial score (nSPS) is 17.5. The lowest BCUT2D eigenvalue weighted by Gasteiger charge is -2.10. The van der Waals surface area contributed by atoms with Gasteiger partial charge in [0, 0.05) is 24.0 Å². The summed E-state index contributed by atoms with van der Waals surface area (Å²) >= 11 is 1.47. The van der Waals surface area contributed by atoms with Crippen LogP contribution in [-0.4, -0.2) is 37.8 Å². The van der Waals surface area contributed by atoms with Gasteiger partial charge in [-0.3, -0.25) is 10.1 Å². The topological polar surface area (TPSA) is 96.0 Å². The molecule has 9 heteroatoms. The van der Waals surface area contributed by atoms with Crippen LogP contribution in [0.1, 0.15) is 24.0 Å². The third-order valence-corrected chi connectivity index (χ3v) is 4.88. The lowest BCUT2D eigenvalue weighted by molar-refractivity contribution is -0.385. The number of benzene rings is 1. The SMILES string of the molecule is Cc1c(CSc2nnnn2CC2CCCO2)cccc1[N+](=O)[O-]. The van der Waals surface area contributed by atoms with E-state index in [2.05, 4.69) is 15.5 Å². The summed E-state index contributed by atoms with van der Waals surface area (Å²) in [6, 6.07) is 5.12. The second-order valence-corrected chi connectivity index (χ2v) is 6.33. The zero-order chi connectivity index (χ0) is 16.2. The molecule has 0 bridgehead atoms. The molecule has 0 amide bonds. The van der Waals surface area contributed by atoms with E-state index in [1.54, 1.807) is 17.7 Å². The van der Waals surface area contributed by atoms with Crippen LogP contribution in [0.3, 0.4) is 0 Å². The maximum atomic E-state index is 11.0. The van der Waals surface area contributed by atoms with Crippen molar-refractivity contribution in [2.24, 2.45) is 0 Å². The Morgan fingerprint density at radius 2 is 2.39 bits per heavy atom. The number of tetrazole rings is 1. The van der Waals surface area contributed by atoms with Gasteiger partial charge in [0.1, 0.15) is 0 Å². The van der Waals surface area contributed by atoms with Crippen molar-refractivity contribution in [2.45, 2.75) is 43.3 Å². The molecule has 1 aromatic heterocycles. The van der Waals surface area contributed by atoms with E-state index < -0.39 is 0 Å². The Morgan fingerprint density at radius 3 is 3.13 bits per heavy atom. The van der Waals surface area contributed by atoms with Crippen molar-refractivity contribution >= 4 is 17.4 Å². The van der Waals surface area contributed by atoms with E-state index in [4.69, 9.17) is 4.74 Å². The fourth-order valence-corrected chi connectivity index (χ4v) is 3.51. The molecule has 122 valence electrons. The molecular formula is C14H17N5O3S. The lowest BCUT2D eigenvalue weighted by Crippen LogP contribution is -2.16. The molecular weight excluding hydrogens is 318 g/mol. The third kappa shape index (κ3) is 3.67. The predicted molar refractivity (Wildman–Crippen MR) is 84.2 cm³/mol. The van der Waals surface area contributed by atoms with E-state index >= 15 is 0 Å². The summed E-state index contributed by atoms with van der Waals surface area (Å²) in [6.07, 6.45) is 2.26. The summed E-state index contributed by atoms with van der Waals surface area (Å²) in [7, 11) is 0. The Morgan fingerprint density at radius 1 is 1.52 bits per heavy atom. The van der Waals surface area contributed by atoms with E-state index in [0.717, 1.165) is 25.0 Å². The molecule has 1 aliphatic heterocycles. The third-order valence-electron chi connectivity index (χ3n) is 3.87. The largest absolute Gasteiger partial charge is 0.376 e. The maximum absolute atomic E-state index is 11.0. The summed E-state index contributed by atoms with van der Waals surface area (Å²) in [6.45, 7) is 3.20. The molecule has 0 N–H and O–H groups in total. The smallest absolute Gasteiger partial charge is 0.272 e. The van der Waals surface area contributed by atoms with Gasteiger partial charge in [0.15, 0.2) is 0 Å². The van der Waals surface area contributed by atoms with Crippen molar-refractivity contribution in [3.8, 4) is 0 Å². The van der Waals surface area contributed by atoms with Gasteiger partial charge in [-0.2, -0.15) is 0 Å². The van der Waals surface area contributed by atoms with Gasteiger partial charge in [0.25, 0.3) is 5.69 Å². The number of thioether (sulfide) groups is 1. The molecule has 1 unspecified atom stereocenters. The molecule has 23 heavy (non-hydrogen) atoms. The number of aromatic nitrogens is 4. The summed E-state index contributed by atoms with van der Waals surface area (Å²) < 4.78 is 7.35. The van der Waals surface area contributed by atoms with Crippen molar-refractivity contribution in [3.63, 3.8) is 0 Å². The molecule has 3 rings (SSSR count). The van der Waals surface area contributed by atoms with Gasteiger partial charge in [0.05, 0.1) is 17.6 Å². The molecule has 0 saturated carbocycles. The second-order valence-electron chi connectivity index (χ2n) is 5.39. The fourth-order valence-electron chi connectivity index (χ4n) is 2.56. The zero-order valence-electron chi connectivity index (χ0n) is 12.7. The van der Waals surface area contributed by atoms with Crippen molar-refractivity contribution in [2.75, 3.05) is 6.61 Å². The Labute approximate surface area is 137 Å². The van der Waals surface area contributed by atoms with Crippen LogP contribution in [0.2, 0.25) is 0 Å². The first-order valence-electron chi connectivity index (χ1n) is 7.38. The van der Waals surface area contributed by atoms with Crippen LogP contribution in [0, 0.1) is 17.0 Å². The number of nitrogens with zero attached hydrogens (tertiary/aromatic N) is 5. The van der Waals surface area contributed by atoms with Crippen molar-refractivity contribution in [1.82, 2.24) is 20.2 Å². The van der Waals surface area contributed by atoms with Gasteiger partial charge in [0.2, 0.25) is 5.16 Å². The Kier molecular flexibility index (Phi) is 4.87. The van der Waals surface area contributed by atoms with E-state index in [1.807, 2.05) is 6.07 Å². The molecule has 1 saturated heterocycles. The molecule has 8 nitrogen and oxygen atoms in total. The zero-order valence-corrected chi connectivity index (χ0v) is 13.5. The number of hydrogen-bond acceptors (Lipinski definition) is 7. The summed E-state index contributed by atoms with van der Waals surface area (Å²) in [5.41, 5.74) is 1.74. The average molecular weight is 335 g/mol. The minimum Gasteiger partial charge on any atom is -0.376 e. The van der Waals surface area contributed by atoms with E-state index in [0.29, 0.717) is 23.0 Å². The molecule has 0 aliphatic carbocycles. The number of nitro benzene ring substituents is 1. The summed E-state index contributed by atoms with van der Waals surface area (Å²) in [4.78, 5) is 10.6. The second kappa shape index (κ2) is 7.05. The first kappa shape index (κ1) is 15.9. The molecule has 2 heterocycles. The van der Waals surface area contributed by atoms with E-state index in [-0.39, 0.29) is 16.7 Å². The van der Waals surface area contributed by atoms with Crippen LogP contribution in [0.5, 0.6) is 0 Å². The average Bonchev–Trinajstić information content (AvgIpc) is 3.18. The number of nitro groups is 1. The Bertz CT molecular complexity index is 699. The van der Waals surface area contributed by atoms with Crippen LogP contribution in [0.4, 0.5) is 5.69 Å². The summed E-state index contributed by atoms with van der Waals surface area (Å²) in [5.74, 6) is 0.583. The number of ether oxygens (including phenoxy) is 1. The highest BCUT2D eigenvalue weighted by Crippen LogP contribution is 2.27. The van der Waals surface area contributed by atoms with Gasteiger partial charge in [-0.15, -0.1) is 5.10 Å². The van der Waals surface area contributed by atoms with Crippen LogP contribution in [0.25, 0.3) is 0 Å². The number of hydrogen-bond donors (Lipinski definition) is 0. The first-order chi connectivity index (χ1) is 11.1. The highest BCUT2D eigenvalue weighted by atomic mass is 32.2. The number of rotatable bonds is 6. The molecule has 0 spiro atoms. The summed E-state index contributed by atoms with van der Waals surface area (Å²) in [5, 5.41) is 23.5. The fraction of sp³-hybridized carbons (Fsp3) is 0.500. The molecule has 1 fully saturated rings. The van der Waals surface area contributed by atoms with Crippen molar-refractivity contribution in [1.29, 1.82) is 0 Å². The molecule has 1 atom stereocenters. The predicted octanol–water partition coefficient (Wildman–Crippen LogP) is 2.36. The Hall–Kier alpha value is -2.00. The van der Waals surface area contributed by atoms with Crippen molar-refractivity contribution < 1.29 is 9.66 Å². The minimum absolute atomic E-state index is 0.141. The molecule has 2 aromatic rings. The highest BCUT2D eigenvalue weighted by molar-refractivity contribution is 7.98. The maximum Gasteiger partial charge on any atom is 0.272 e. The van der Waals surface area contributed by atoms with E-state index in [1.165, 1.54) is 17.8 Å². The first-order valence-corrected chi connectivity index (χ1v) is 8.37. The van der Waals surface area contributed by atoms with Gasteiger partial charge < -0.3 is 4.74 Å². The minimum atomic E-state index is -0.356. The van der Waals surface area contributed by atoms with Crippen LogP contribution in [-0.2, 0) is 17.0 Å². The quantitative estimate of drug-likeness (QED) is 0.454. The monoisotopic (exact) mass is 335 g/mol.